The Balaban J connectivity index is 2.04. The zero-order valence-electron chi connectivity index (χ0n) is 14.7. The fourth-order valence-electron chi connectivity index (χ4n) is 2.48. The molecule has 1 atom stereocenters. The van der Waals surface area contributed by atoms with E-state index in [1.165, 1.54) is 11.3 Å². The first-order valence-corrected chi connectivity index (χ1v) is 8.82. The quantitative estimate of drug-likeness (QED) is 0.816. The molecule has 0 bridgehead atoms. The Bertz CT molecular complexity index is 744. The highest BCUT2D eigenvalue weighted by Gasteiger charge is 2.21. The summed E-state index contributed by atoms with van der Waals surface area (Å²) in [6.45, 7) is 9.48. The summed E-state index contributed by atoms with van der Waals surface area (Å²) in [5.74, 6) is -0.781. The zero-order valence-corrected chi connectivity index (χ0v) is 15.5. The van der Waals surface area contributed by atoms with Gasteiger partial charge in [0.1, 0.15) is 4.88 Å². The van der Waals surface area contributed by atoms with Gasteiger partial charge in [0.2, 0.25) is 0 Å². The summed E-state index contributed by atoms with van der Waals surface area (Å²) in [6, 6.07) is 7.65. The summed E-state index contributed by atoms with van der Waals surface area (Å²) in [4.78, 5) is 26.2. The first kappa shape index (κ1) is 18.2. The van der Waals surface area contributed by atoms with Crippen molar-refractivity contribution in [2.75, 3.05) is 5.32 Å². The van der Waals surface area contributed by atoms with Crippen molar-refractivity contribution in [3.8, 4) is 0 Å². The minimum absolute atomic E-state index is 0.329. The number of benzene rings is 1. The molecule has 0 aliphatic heterocycles. The maximum atomic E-state index is 12.3. The minimum atomic E-state index is -0.857. The predicted octanol–water partition coefficient (Wildman–Crippen LogP) is 4.42. The Kier molecular flexibility index (Phi) is 5.78. The van der Waals surface area contributed by atoms with Crippen LogP contribution in [0.5, 0.6) is 0 Å². The van der Waals surface area contributed by atoms with Crippen LogP contribution in [-0.4, -0.2) is 18.0 Å². The second kappa shape index (κ2) is 7.62. The number of amides is 1. The predicted molar refractivity (Wildman–Crippen MR) is 97.9 cm³/mol. The highest BCUT2D eigenvalue weighted by molar-refractivity contribution is 7.14. The third-order valence-corrected chi connectivity index (χ3v) is 5.06. The van der Waals surface area contributed by atoms with Gasteiger partial charge in [0.05, 0.1) is 0 Å². The van der Waals surface area contributed by atoms with E-state index in [1.807, 2.05) is 52.0 Å². The highest BCUT2D eigenvalue weighted by atomic mass is 32.1. The fourth-order valence-corrected chi connectivity index (χ4v) is 3.48. The van der Waals surface area contributed by atoms with Gasteiger partial charge in [-0.25, -0.2) is 4.79 Å². The van der Waals surface area contributed by atoms with Crippen LogP contribution in [0, 0.1) is 20.8 Å². The van der Waals surface area contributed by atoms with Crippen molar-refractivity contribution >= 4 is 28.9 Å². The normalized spacial score (nSPS) is 11.9. The summed E-state index contributed by atoms with van der Waals surface area (Å²) in [5.41, 5.74) is 3.86. The number of hydrogen-bond donors (Lipinski definition) is 1. The number of esters is 1. The van der Waals surface area contributed by atoms with Crippen molar-refractivity contribution in [1.29, 1.82) is 0 Å². The monoisotopic (exact) mass is 345 g/mol. The third-order valence-electron chi connectivity index (χ3n) is 3.99. The number of aryl methyl sites for hydroxylation is 4. The lowest BCUT2D eigenvalue weighted by Gasteiger charge is -2.15. The summed E-state index contributed by atoms with van der Waals surface area (Å²) in [7, 11) is 0. The van der Waals surface area contributed by atoms with Crippen molar-refractivity contribution in [2.45, 2.75) is 47.1 Å². The third kappa shape index (κ3) is 4.03. The van der Waals surface area contributed by atoms with Crippen LogP contribution in [0.4, 0.5) is 5.69 Å². The minimum Gasteiger partial charge on any atom is -0.448 e. The molecule has 128 valence electrons. The number of carbonyl (C=O) groups excluding carboxylic acids is 2. The van der Waals surface area contributed by atoms with Gasteiger partial charge in [0.25, 0.3) is 5.91 Å². The molecule has 4 nitrogen and oxygen atoms in total. The van der Waals surface area contributed by atoms with Gasteiger partial charge in [-0.2, -0.15) is 0 Å². The summed E-state index contributed by atoms with van der Waals surface area (Å²) < 4.78 is 5.32. The molecule has 1 aromatic carbocycles. The Hall–Kier alpha value is -2.14. The highest BCUT2D eigenvalue weighted by Crippen LogP contribution is 2.24. The molecular weight excluding hydrogens is 322 g/mol. The van der Waals surface area contributed by atoms with Crippen LogP contribution in [0.15, 0.2) is 24.3 Å². The van der Waals surface area contributed by atoms with Crippen molar-refractivity contribution in [2.24, 2.45) is 0 Å². The Morgan fingerprint density at radius 2 is 1.83 bits per heavy atom. The van der Waals surface area contributed by atoms with E-state index in [0.29, 0.717) is 4.88 Å². The largest absolute Gasteiger partial charge is 0.448 e. The first-order chi connectivity index (χ1) is 11.3. The number of rotatable bonds is 5. The fraction of sp³-hybridized carbons (Fsp3) is 0.368. The number of anilines is 1. The molecule has 1 N–H and O–H groups in total. The lowest BCUT2D eigenvalue weighted by Crippen LogP contribution is -2.30. The van der Waals surface area contributed by atoms with Gasteiger partial charge in [-0.15, -0.1) is 11.3 Å². The Labute approximate surface area is 146 Å². The van der Waals surface area contributed by atoms with Crippen molar-refractivity contribution < 1.29 is 14.3 Å². The number of hydrogen-bond acceptors (Lipinski definition) is 4. The van der Waals surface area contributed by atoms with Crippen LogP contribution in [0.3, 0.4) is 0 Å². The average molecular weight is 345 g/mol. The average Bonchev–Trinajstić information content (AvgIpc) is 2.92. The number of ether oxygens (including phenoxy) is 1. The molecule has 2 aromatic rings. The van der Waals surface area contributed by atoms with E-state index in [4.69, 9.17) is 4.74 Å². The van der Waals surface area contributed by atoms with E-state index in [1.54, 1.807) is 6.92 Å². The van der Waals surface area contributed by atoms with E-state index in [2.05, 4.69) is 5.32 Å². The molecule has 1 aromatic heterocycles. The number of carbonyl (C=O) groups is 2. The van der Waals surface area contributed by atoms with Crippen LogP contribution < -0.4 is 5.32 Å². The Morgan fingerprint density at radius 1 is 1.21 bits per heavy atom. The molecule has 0 aliphatic carbocycles. The summed E-state index contributed by atoms with van der Waals surface area (Å²) in [6.07, 6.45) is 0.0158. The standard InChI is InChI=1S/C19H23NO3S/c1-6-15-10-16(24-14(15)5)19(22)23-13(4)18(21)20-17-11(2)8-7-9-12(17)3/h7-10,13H,6H2,1-5H3,(H,20,21)/t13-/m0/s1. The number of nitrogens with one attached hydrogen (secondary N) is 1. The van der Waals surface area contributed by atoms with Crippen LogP contribution in [0.2, 0.25) is 0 Å². The first-order valence-electron chi connectivity index (χ1n) is 8.00. The lowest BCUT2D eigenvalue weighted by molar-refractivity contribution is -0.123. The number of para-hydroxylation sites is 1. The van der Waals surface area contributed by atoms with Gasteiger partial charge in [0.15, 0.2) is 6.10 Å². The van der Waals surface area contributed by atoms with E-state index < -0.39 is 12.1 Å². The van der Waals surface area contributed by atoms with Crippen molar-refractivity contribution in [3.05, 3.63) is 50.7 Å². The van der Waals surface area contributed by atoms with Gasteiger partial charge in [-0.05, 0) is 56.9 Å². The van der Waals surface area contributed by atoms with E-state index >= 15 is 0 Å². The molecule has 0 saturated carbocycles. The van der Waals surface area contributed by atoms with Gasteiger partial charge in [-0.3, -0.25) is 4.79 Å². The molecule has 0 radical (unpaired) electrons. The molecular formula is C19H23NO3S. The van der Waals surface area contributed by atoms with Crippen LogP contribution in [-0.2, 0) is 16.0 Å². The molecule has 1 heterocycles. The molecule has 0 saturated heterocycles. The van der Waals surface area contributed by atoms with E-state index in [-0.39, 0.29) is 5.91 Å². The maximum absolute atomic E-state index is 12.3. The van der Waals surface area contributed by atoms with Crippen molar-refractivity contribution in [1.82, 2.24) is 0 Å². The number of thiophene rings is 1. The molecule has 0 fully saturated rings. The molecule has 5 heteroatoms. The molecule has 24 heavy (non-hydrogen) atoms. The van der Waals surface area contributed by atoms with E-state index in [0.717, 1.165) is 33.7 Å². The van der Waals surface area contributed by atoms with Crippen LogP contribution >= 0.6 is 11.3 Å². The van der Waals surface area contributed by atoms with Gasteiger partial charge in [0, 0.05) is 10.6 Å². The van der Waals surface area contributed by atoms with E-state index in [9.17, 15) is 9.59 Å². The summed E-state index contributed by atoms with van der Waals surface area (Å²) >= 11 is 1.40. The molecule has 0 aliphatic rings. The SMILES string of the molecule is CCc1cc(C(=O)O[C@@H](C)C(=O)Nc2c(C)cccc2C)sc1C. The maximum Gasteiger partial charge on any atom is 0.349 e. The smallest absolute Gasteiger partial charge is 0.349 e. The van der Waals surface area contributed by atoms with Gasteiger partial charge in [-0.1, -0.05) is 25.1 Å². The van der Waals surface area contributed by atoms with Gasteiger partial charge >= 0.3 is 5.97 Å². The lowest BCUT2D eigenvalue weighted by atomic mass is 10.1. The Morgan fingerprint density at radius 3 is 2.38 bits per heavy atom. The molecule has 1 amide bonds. The second-order valence-corrected chi connectivity index (χ2v) is 7.11. The van der Waals surface area contributed by atoms with Crippen LogP contribution in [0.25, 0.3) is 0 Å². The van der Waals surface area contributed by atoms with Crippen LogP contribution in [0.1, 0.15) is 45.1 Å². The molecule has 0 unspecified atom stereocenters. The topological polar surface area (TPSA) is 55.4 Å². The van der Waals surface area contributed by atoms with Gasteiger partial charge < -0.3 is 10.1 Å². The van der Waals surface area contributed by atoms with Crippen molar-refractivity contribution in [3.63, 3.8) is 0 Å². The zero-order chi connectivity index (χ0) is 17.9. The molecule has 0 spiro atoms. The molecule has 2 rings (SSSR count). The summed E-state index contributed by atoms with van der Waals surface area (Å²) in [5, 5.41) is 2.85. The second-order valence-electron chi connectivity index (χ2n) is 5.85.